The first-order valence-electron chi connectivity index (χ1n) is 6.72. The summed E-state index contributed by atoms with van der Waals surface area (Å²) in [4.78, 5) is 15.7. The summed E-state index contributed by atoms with van der Waals surface area (Å²) < 4.78 is 6.21. The fourth-order valence-electron chi connectivity index (χ4n) is 2.23. The summed E-state index contributed by atoms with van der Waals surface area (Å²) in [5.41, 5.74) is 2.85. The van der Waals surface area contributed by atoms with Crippen molar-refractivity contribution in [3.05, 3.63) is 39.4 Å². The Morgan fingerprint density at radius 1 is 1.33 bits per heavy atom. The van der Waals surface area contributed by atoms with Crippen LogP contribution in [0.1, 0.15) is 25.1 Å². The third-order valence-electron chi connectivity index (χ3n) is 3.24. The van der Waals surface area contributed by atoms with Crippen molar-refractivity contribution in [3.63, 3.8) is 0 Å². The Bertz CT molecular complexity index is 721. The van der Waals surface area contributed by atoms with Gasteiger partial charge in [-0.1, -0.05) is 5.16 Å². The van der Waals surface area contributed by atoms with Crippen LogP contribution >= 0.6 is 22.6 Å². The maximum atomic E-state index is 11.4. The second kappa shape index (κ2) is 5.97. The normalized spacial score (nSPS) is 15.0. The van der Waals surface area contributed by atoms with Gasteiger partial charge in [-0.05, 0) is 60.6 Å². The van der Waals surface area contributed by atoms with Crippen molar-refractivity contribution in [2.24, 2.45) is 0 Å². The SMILES string of the molecule is Cc1noc(-c2ccc(NC3=CC(=O)CCC3)c(I)c2)n1. The quantitative estimate of drug-likeness (QED) is 0.803. The van der Waals surface area contributed by atoms with Crippen LogP contribution in [0, 0.1) is 10.5 Å². The smallest absolute Gasteiger partial charge is 0.257 e. The van der Waals surface area contributed by atoms with E-state index >= 15 is 0 Å². The molecule has 1 heterocycles. The summed E-state index contributed by atoms with van der Waals surface area (Å²) in [7, 11) is 0. The molecule has 0 spiro atoms. The number of hydrogen-bond donors (Lipinski definition) is 1. The summed E-state index contributed by atoms with van der Waals surface area (Å²) in [5, 5.41) is 7.13. The number of nitrogens with one attached hydrogen (secondary N) is 1. The second-order valence-corrected chi connectivity index (χ2v) is 6.12. The van der Waals surface area contributed by atoms with Gasteiger partial charge in [0.25, 0.3) is 5.89 Å². The minimum Gasteiger partial charge on any atom is -0.358 e. The minimum absolute atomic E-state index is 0.191. The monoisotopic (exact) mass is 395 g/mol. The predicted molar refractivity (Wildman–Crippen MR) is 87.8 cm³/mol. The molecule has 1 aliphatic carbocycles. The number of aromatic nitrogens is 2. The number of anilines is 1. The maximum absolute atomic E-state index is 11.4. The Morgan fingerprint density at radius 2 is 2.19 bits per heavy atom. The molecule has 0 amide bonds. The lowest BCUT2D eigenvalue weighted by Gasteiger charge is -2.15. The highest BCUT2D eigenvalue weighted by molar-refractivity contribution is 14.1. The van der Waals surface area contributed by atoms with E-state index in [1.54, 1.807) is 13.0 Å². The van der Waals surface area contributed by atoms with Crippen LogP contribution in [0.5, 0.6) is 0 Å². The van der Waals surface area contributed by atoms with Gasteiger partial charge >= 0.3 is 0 Å². The van der Waals surface area contributed by atoms with Gasteiger partial charge in [0.2, 0.25) is 0 Å². The van der Waals surface area contributed by atoms with Gasteiger partial charge in [-0.15, -0.1) is 0 Å². The number of aryl methyl sites for hydroxylation is 1. The minimum atomic E-state index is 0.191. The highest BCUT2D eigenvalue weighted by Crippen LogP contribution is 2.27. The first-order valence-corrected chi connectivity index (χ1v) is 7.80. The molecule has 0 bridgehead atoms. The van der Waals surface area contributed by atoms with E-state index in [4.69, 9.17) is 4.52 Å². The van der Waals surface area contributed by atoms with Crippen LogP contribution in [0.25, 0.3) is 11.5 Å². The number of allylic oxidation sites excluding steroid dienone is 2. The number of hydrogen-bond acceptors (Lipinski definition) is 5. The van der Waals surface area contributed by atoms with Gasteiger partial charge in [0.15, 0.2) is 11.6 Å². The molecule has 0 unspecified atom stereocenters. The van der Waals surface area contributed by atoms with E-state index in [-0.39, 0.29) is 5.78 Å². The molecule has 5 nitrogen and oxygen atoms in total. The summed E-state index contributed by atoms with van der Waals surface area (Å²) >= 11 is 2.26. The molecular weight excluding hydrogens is 381 g/mol. The van der Waals surface area contributed by atoms with Crippen molar-refractivity contribution in [1.82, 2.24) is 10.1 Å². The lowest BCUT2D eigenvalue weighted by atomic mass is 10.0. The topological polar surface area (TPSA) is 68.0 Å². The number of carbonyl (C=O) groups is 1. The molecule has 1 aromatic heterocycles. The molecule has 0 fully saturated rings. The lowest BCUT2D eigenvalue weighted by molar-refractivity contribution is -0.115. The van der Waals surface area contributed by atoms with E-state index in [1.165, 1.54) is 0 Å². The largest absolute Gasteiger partial charge is 0.358 e. The van der Waals surface area contributed by atoms with Gasteiger partial charge < -0.3 is 9.84 Å². The van der Waals surface area contributed by atoms with E-state index in [9.17, 15) is 4.79 Å². The maximum Gasteiger partial charge on any atom is 0.257 e. The van der Waals surface area contributed by atoms with Gasteiger partial charge in [0.1, 0.15) is 0 Å². The molecule has 0 saturated heterocycles. The molecule has 0 atom stereocenters. The molecule has 1 aromatic carbocycles. The Morgan fingerprint density at radius 3 is 2.86 bits per heavy atom. The fourth-order valence-corrected chi connectivity index (χ4v) is 2.88. The van der Waals surface area contributed by atoms with Crippen molar-refractivity contribution in [3.8, 4) is 11.5 Å². The van der Waals surface area contributed by atoms with Gasteiger partial charge in [-0.25, -0.2) is 0 Å². The van der Waals surface area contributed by atoms with Crippen LogP contribution in [-0.4, -0.2) is 15.9 Å². The Labute approximate surface area is 136 Å². The first kappa shape index (κ1) is 14.2. The van der Waals surface area contributed by atoms with E-state index in [0.29, 0.717) is 18.1 Å². The van der Waals surface area contributed by atoms with Crippen LogP contribution < -0.4 is 5.32 Å². The molecule has 0 aliphatic heterocycles. The molecule has 6 heteroatoms. The average Bonchev–Trinajstić information content (AvgIpc) is 2.88. The van der Waals surface area contributed by atoms with Crippen molar-refractivity contribution in [2.45, 2.75) is 26.2 Å². The average molecular weight is 395 g/mol. The number of rotatable bonds is 3. The zero-order valence-electron chi connectivity index (χ0n) is 11.5. The van der Waals surface area contributed by atoms with Gasteiger partial charge in [-0.3, -0.25) is 4.79 Å². The zero-order chi connectivity index (χ0) is 14.8. The zero-order valence-corrected chi connectivity index (χ0v) is 13.7. The van der Waals surface area contributed by atoms with Crippen molar-refractivity contribution in [1.29, 1.82) is 0 Å². The van der Waals surface area contributed by atoms with Crippen molar-refractivity contribution < 1.29 is 9.32 Å². The number of nitrogens with zero attached hydrogens (tertiary/aromatic N) is 2. The van der Waals surface area contributed by atoms with Crippen LogP contribution in [0.2, 0.25) is 0 Å². The van der Waals surface area contributed by atoms with Crippen LogP contribution in [-0.2, 0) is 4.79 Å². The van der Waals surface area contributed by atoms with E-state index < -0.39 is 0 Å². The standard InChI is InChI=1S/C15H14IN3O2/c1-9-17-15(21-19-9)10-5-6-14(13(16)7-10)18-11-3-2-4-12(20)8-11/h5-8,18H,2-4H2,1H3. The third-order valence-corrected chi connectivity index (χ3v) is 4.14. The van der Waals surface area contributed by atoms with E-state index in [0.717, 1.165) is 33.4 Å². The van der Waals surface area contributed by atoms with Crippen molar-refractivity contribution in [2.75, 3.05) is 5.32 Å². The summed E-state index contributed by atoms with van der Waals surface area (Å²) in [6.45, 7) is 1.79. The molecule has 1 N–H and O–H groups in total. The number of ketones is 1. The fraction of sp³-hybridized carbons (Fsp3) is 0.267. The third kappa shape index (κ3) is 3.31. The molecule has 2 aromatic rings. The van der Waals surface area contributed by atoms with Crippen LogP contribution in [0.3, 0.4) is 0 Å². The summed E-state index contributed by atoms with van der Waals surface area (Å²) in [6.07, 6.45) is 4.17. The second-order valence-electron chi connectivity index (χ2n) is 4.96. The molecule has 0 radical (unpaired) electrons. The number of benzene rings is 1. The van der Waals surface area contributed by atoms with E-state index in [2.05, 4.69) is 38.0 Å². The Hall–Kier alpha value is -1.70. The Balaban J connectivity index is 1.83. The number of halogens is 1. The van der Waals surface area contributed by atoms with Crippen LogP contribution in [0.4, 0.5) is 5.69 Å². The van der Waals surface area contributed by atoms with Gasteiger partial charge in [0.05, 0.1) is 5.69 Å². The summed E-state index contributed by atoms with van der Waals surface area (Å²) in [5.74, 6) is 1.33. The molecule has 1 aliphatic rings. The molecule has 21 heavy (non-hydrogen) atoms. The van der Waals surface area contributed by atoms with Gasteiger partial charge in [0, 0.05) is 27.3 Å². The Kier molecular flexibility index (Phi) is 4.05. The summed E-state index contributed by atoms with van der Waals surface area (Å²) in [6, 6.07) is 5.89. The van der Waals surface area contributed by atoms with E-state index in [1.807, 2.05) is 18.2 Å². The lowest BCUT2D eigenvalue weighted by Crippen LogP contribution is -2.09. The van der Waals surface area contributed by atoms with Crippen LogP contribution in [0.15, 0.2) is 34.5 Å². The highest BCUT2D eigenvalue weighted by atomic mass is 127. The molecule has 0 saturated carbocycles. The molecule has 3 rings (SSSR count). The molecule has 108 valence electrons. The van der Waals surface area contributed by atoms with Gasteiger partial charge in [-0.2, -0.15) is 4.98 Å². The first-order chi connectivity index (χ1) is 10.1. The predicted octanol–water partition coefficient (Wildman–Crippen LogP) is 3.70. The molecular formula is C15H14IN3O2. The van der Waals surface area contributed by atoms with Crippen molar-refractivity contribution >= 4 is 34.1 Å². The number of carbonyl (C=O) groups excluding carboxylic acids is 1. The highest BCUT2D eigenvalue weighted by Gasteiger charge is 2.12.